The molecule has 1 N–H and O–H groups in total. The van der Waals surface area contributed by atoms with Crippen molar-refractivity contribution in [3.05, 3.63) is 72.1 Å². The summed E-state index contributed by atoms with van der Waals surface area (Å²) in [6, 6.07) is 20.4. The van der Waals surface area contributed by atoms with Gasteiger partial charge in [-0.2, -0.15) is 4.68 Å². The predicted octanol–water partition coefficient (Wildman–Crippen LogP) is 2.17. The van der Waals surface area contributed by atoms with Gasteiger partial charge in [0.05, 0.1) is 5.69 Å². The molecule has 1 unspecified atom stereocenters. The van der Waals surface area contributed by atoms with E-state index in [1.807, 2.05) is 55.6 Å². The molecule has 0 aliphatic heterocycles. The lowest BCUT2D eigenvalue weighted by molar-refractivity contribution is 0.565. The second-order valence-electron chi connectivity index (χ2n) is 4.80. The average molecular weight is 279 g/mol. The quantitative estimate of drug-likeness (QED) is 0.777. The number of hydrogen-bond acceptors (Lipinski definition) is 4. The van der Waals surface area contributed by atoms with E-state index in [4.69, 9.17) is 0 Å². The molecule has 106 valence electrons. The van der Waals surface area contributed by atoms with Crippen LogP contribution in [0.5, 0.6) is 0 Å². The molecule has 0 amide bonds. The van der Waals surface area contributed by atoms with E-state index >= 15 is 0 Å². The number of hydrogen-bond donors (Lipinski definition) is 1. The van der Waals surface area contributed by atoms with E-state index in [9.17, 15) is 0 Å². The number of nitrogens with one attached hydrogen (secondary N) is 1. The van der Waals surface area contributed by atoms with Gasteiger partial charge in [0.2, 0.25) is 0 Å². The van der Waals surface area contributed by atoms with Gasteiger partial charge < -0.3 is 5.32 Å². The first-order valence-electron chi connectivity index (χ1n) is 6.93. The minimum Gasteiger partial charge on any atom is -0.313 e. The maximum absolute atomic E-state index is 4.17. The standard InChI is InChI=1S/C16H17N5/c1-17-15(13-8-4-2-5-9-13)12-16-18-19-20-21(16)14-10-6-3-7-11-14/h2-11,15,17H,12H2,1H3. The number of aromatic nitrogens is 4. The molecule has 3 aromatic rings. The Bertz CT molecular complexity index is 678. The first-order chi connectivity index (χ1) is 10.4. The van der Waals surface area contributed by atoms with Crippen molar-refractivity contribution in [3.8, 4) is 5.69 Å². The summed E-state index contributed by atoms with van der Waals surface area (Å²) in [5.41, 5.74) is 2.20. The van der Waals surface area contributed by atoms with Crippen LogP contribution in [0, 0.1) is 0 Å². The molecule has 2 aromatic carbocycles. The Morgan fingerprint density at radius 2 is 1.67 bits per heavy atom. The van der Waals surface area contributed by atoms with Crippen molar-refractivity contribution in [1.82, 2.24) is 25.5 Å². The molecule has 0 fully saturated rings. The first kappa shape index (κ1) is 13.5. The van der Waals surface area contributed by atoms with Gasteiger partial charge in [-0.25, -0.2) is 0 Å². The fraction of sp³-hybridized carbons (Fsp3) is 0.188. The molecule has 0 saturated heterocycles. The Morgan fingerprint density at radius 3 is 2.33 bits per heavy atom. The first-order valence-corrected chi connectivity index (χ1v) is 6.93. The Morgan fingerprint density at radius 1 is 1.00 bits per heavy atom. The molecule has 0 bridgehead atoms. The molecular formula is C16H17N5. The third-order valence-electron chi connectivity index (χ3n) is 3.47. The number of likely N-dealkylation sites (N-methyl/N-ethyl adjacent to an activating group) is 1. The van der Waals surface area contributed by atoms with Gasteiger partial charge in [0.1, 0.15) is 0 Å². The second-order valence-corrected chi connectivity index (χ2v) is 4.80. The van der Waals surface area contributed by atoms with Crippen LogP contribution in [0.3, 0.4) is 0 Å². The normalized spacial score (nSPS) is 12.2. The van der Waals surface area contributed by atoms with Crippen molar-refractivity contribution >= 4 is 0 Å². The smallest absolute Gasteiger partial charge is 0.158 e. The third-order valence-corrected chi connectivity index (χ3v) is 3.47. The van der Waals surface area contributed by atoms with Crippen molar-refractivity contribution in [2.75, 3.05) is 7.05 Å². The molecule has 1 aromatic heterocycles. The fourth-order valence-corrected chi connectivity index (χ4v) is 2.36. The van der Waals surface area contributed by atoms with E-state index in [0.717, 1.165) is 17.9 Å². The van der Waals surface area contributed by atoms with E-state index in [1.54, 1.807) is 4.68 Å². The predicted molar refractivity (Wildman–Crippen MR) is 81.1 cm³/mol. The van der Waals surface area contributed by atoms with Gasteiger partial charge in [-0.1, -0.05) is 48.5 Å². The van der Waals surface area contributed by atoms with Crippen LogP contribution >= 0.6 is 0 Å². The summed E-state index contributed by atoms with van der Waals surface area (Å²) in [6.45, 7) is 0. The lowest BCUT2D eigenvalue weighted by atomic mass is 10.0. The third kappa shape index (κ3) is 2.98. The zero-order valence-electron chi connectivity index (χ0n) is 11.8. The van der Waals surface area contributed by atoms with Gasteiger partial charge in [-0.3, -0.25) is 0 Å². The summed E-state index contributed by atoms with van der Waals surface area (Å²) in [4.78, 5) is 0. The lowest BCUT2D eigenvalue weighted by Crippen LogP contribution is -2.20. The van der Waals surface area contributed by atoms with Crippen LogP contribution in [0.15, 0.2) is 60.7 Å². The van der Waals surface area contributed by atoms with Crippen LogP contribution in [0.1, 0.15) is 17.4 Å². The molecular weight excluding hydrogens is 262 g/mol. The van der Waals surface area contributed by atoms with Crippen molar-refractivity contribution in [3.63, 3.8) is 0 Å². The van der Waals surface area contributed by atoms with Gasteiger partial charge in [0, 0.05) is 12.5 Å². The molecule has 0 saturated carbocycles. The summed E-state index contributed by atoms with van der Waals surface area (Å²) in [6.07, 6.45) is 0.725. The molecule has 1 atom stereocenters. The van der Waals surface area contributed by atoms with Crippen LogP contribution in [0.25, 0.3) is 5.69 Å². The molecule has 1 heterocycles. The molecule has 0 spiro atoms. The monoisotopic (exact) mass is 279 g/mol. The zero-order valence-corrected chi connectivity index (χ0v) is 11.8. The summed E-state index contributed by atoms with van der Waals surface area (Å²) >= 11 is 0. The molecule has 0 aliphatic rings. The molecule has 5 heteroatoms. The minimum absolute atomic E-state index is 0.180. The Balaban J connectivity index is 1.87. The number of benzene rings is 2. The minimum atomic E-state index is 0.180. The van der Waals surface area contributed by atoms with Crippen molar-refractivity contribution in [2.24, 2.45) is 0 Å². The Hall–Kier alpha value is -2.53. The van der Waals surface area contributed by atoms with Gasteiger partial charge in [-0.15, -0.1) is 5.10 Å². The maximum atomic E-state index is 4.17. The second kappa shape index (κ2) is 6.28. The highest BCUT2D eigenvalue weighted by Gasteiger charge is 2.15. The van der Waals surface area contributed by atoms with Crippen molar-refractivity contribution in [2.45, 2.75) is 12.5 Å². The SMILES string of the molecule is CNC(Cc1nnnn1-c1ccccc1)c1ccccc1. The van der Waals surface area contributed by atoms with E-state index < -0.39 is 0 Å². The lowest BCUT2D eigenvalue weighted by Gasteiger charge is -2.16. The van der Waals surface area contributed by atoms with Crippen LogP contribution in [0.4, 0.5) is 0 Å². The van der Waals surface area contributed by atoms with E-state index in [1.165, 1.54) is 5.56 Å². The highest BCUT2D eigenvalue weighted by Crippen LogP contribution is 2.18. The van der Waals surface area contributed by atoms with Gasteiger partial charge in [-0.05, 0) is 35.2 Å². The van der Waals surface area contributed by atoms with Crippen LogP contribution in [0.2, 0.25) is 0 Å². The largest absolute Gasteiger partial charge is 0.313 e. The van der Waals surface area contributed by atoms with Gasteiger partial charge in [0.25, 0.3) is 0 Å². The summed E-state index contributed by atoms with van der Waals surface area (Å²) in [7, 11) is 1.95. The van der Waals surface area contributed by atoms with Gasteiger partial charge in [0.15, 0.2) is 5.82 Å². The summed E-state index contributed by atoms with van der Waals surface area (Å²) in [5.74, 6) is 0.837. The van der Waals surface area contributed by atoms with Crippen LogP contribution < -0.4 is 5.32 Å². The fourth-order valence-electron chi connectivity index (χ4n) is 2.36. The maximum Gasteiger partial charge on any atom is 0.158 e. The number of nitrogens with zero attached hydrogens (tertiary/aromatic N) is 4. The topological polar surface area (TPSA) is 55.6 Å². The summed E-state index contributed by atoms with van der Waals surface area (Å²) < 4.78 is 1.78. The van der Waals surface area contributed by atoms with Crippen molar-refractivity contribution in [1.29, 1.82) is 0 Å². The molecule has 3 rings (SSSR count). The number of para-hydroxylation sites is 1. The van der Waals surface area contributed by atoms with E-state index in [0.29, 0.717) is 0 Å². The zero-order chi connectivity index (χ0) is 14.5. The number of tetrazole rings is 1. The van der Waals surface area contributed by atoms with E-state index in [2.05, 4.69) is 33.0 Å². The van der Waals surface area contributed by atoms with Crippen molar-refractivity contribution < 1.29 is 0 Å². The molecule has 0 aliphatic carbocycles. The highest BCUT2D eigenvalue weighted by atomic mass is 15.5. The van der Waals surface area contributed by atoms with Gasteiger partial charge >= 0.3 is 0 Å². The van der Waals surface area contributed by atoms with E-state index in [-0.39, 0.29) is 6.04 Å². The average Bonchev–Trinajstić information content (AvgIpc) is 3.02. The summed E-state index contributed by atoms with van der Waals surface area (Å²) in [5, 5.41) is 15.4. The molecule has 21 heavy (non-hydrogen) atoms. The Kier molecular flexibility index (Phi) is 4.02. The molecule has 5 nitrogen and oxygen atoms in total. The Labute approximate surface area is 123 Å². The number of rotatable bonds is 5. The van der Waals surface area contributed by atoms with Crippen LogP contribution in [-0.4, -0.2) is 27.3 Å². The molecule has 0 radical (unpaired) electrons. The highest BCUT2D eigenvalue weighted by molar-refractivity contribution is 5.31. The van der Waals surface area contributed by atoms with Crippen LogP contribution in [-0.2, 0) is 6.42 Å².